The number of hydrogen-bond donors (Lipinski definition) is 2. The summed E-state index contributed by atoms with van der Waals surface area (Å²) in [5.41, 5.74) is 3.15. The van der Waals surface area contributed by atoms with E-state index < -0.39 is 23.3 Å². The Hall–Kier alpha value is -4.40. The van der Waals surface area contributed by atoms with Gasteiger partial charge in [-0.2, -0.15) is 5.10 Å². The number of amides is 1. The van der Waals surface area contributed by atoms with E-state index in [1.807, 2.05) is 6.07 Å². The fourth-order valence-electron chi connectivity index (χ4n) is 4.17. The molecule has 7 nitrogen and oxygen atoms in total. The summed E-state index contributed by atoms with van der Waals surface area (Å²) in [6, 6.07) is 14.5. The molecule has 9 heteroatoms. The van der Waals surface area contributed by atoms with Gasteiger partial charge in [0.2, 0.25) is 0 Å². The lowest BCUT2D eigenvalue weighted by atomic mass is 9.97. The van der Waals surface area contributed by atoms with Crippen LogP contribution in [0.4, 0.5) is 19.3 Å². The minimum atomic E-state index is -0.622. The first-order chi connectivity index (χ1) is 16.9. The van der Waals surface area contributed by atoms with E-state index in [2.05, 4.69) is 20.5 Å². The second-order valence-corrected chi connectivity index (χ2v) is 8.08. The minimum Gasteiger partial charge on any atom is -0.450 e. The minimum absolute atomic E-state index is 0.0523. The Kier molecular flexibility index (Phi) is 5.82. The molecular formula is C26H20F2N4O3. The fourth-order valence-corrected chi connectivity index (χ4v) is 4.17. The second-order valence-electron chi connectivity index (χ2n) is 8.08. The van der Waals surface area contributed by atoms with E-state index in [0.717, 1.165) is 11.1 Å². The first-order valence-electron chi connectivity index (χ1n) is 11.0. The molecule has 0 aliphatic carbocycles. The number of carbonyl (C=O) groups is 1. The number of nitrogens with one attached hydrogen (secondary N) is 2. The number of carbonyl (C=O) groups excluding carboxylic acids is 1. The van der Waals surface area contributed by atoms with E-state index in [1.165, 1.54) is 18.2 Å². The van der Waals surface area contributed by atoms with E-state index in [1.54, 1.807) is 37.3 Å². The molecule has 0 unspecified atom stereocenters. The van der Waals surface area contributed by atoms with Gasteiger partial charge in [-0.3, -0.25) is 10.1 Å². The number of benzene rings is 3. The normalized spacial score (nSPS) is 12.4. The molecule has 2 heterocycles. The number of fused-ring (bicyclic) bond motifs is 2. The zero-order valence-corrected chi connectivity index (χ0v) is 18.7. The maximum atomic E-state index is 14.8. The Labute approximate surface area is 198 Å². The van der Waals surface area contributed by atoms with Crippen LogP contribution in [0.1, 0.15) is 23.7 Å². The summed E-state index contributed by atoms with van der Waals surface area (Å²) in [6.45, 7) is 1.97. The highest BCUT2D eigenvalue weighted by atomic mass is 19.1. The van der Waals surface area contributed by atoms with Gasteiger partial charge in [-0.25, -0.2) is 23.7 Å². The van der Waals surface area contributed by atoms with Gasteiger partial charge >= 0.3 is 6.09 Å². The van der Waals surface area contributed by atoms with Gasteiger partial charge in [-0.05, 0) is 47.9 Å². The molecular weight excluding hydrogens is 454 g/mol. The molecule has 35 heavy (non-hydrogen) atoms. The molecule has 1 amide bonds. The number of H-pyrrole nitrogens is 1. The van der Waals surface area contributed by atoms with Crippen LogP contribution in [-0.2, 0) is 17.6 Å². The molecule has 1 aliphatic heterocycles. The number of amidine groups is 1. The van der Waals surface area contributed by atoms with Crippen molar-refractivity contribution in [2.45, 2.75) is 19.8 Å². The Morgan fingerprint density at radius 1 is 1.11 bits per heavy atom. The SMILES string of the molecule is CCOC(=O)NC1=Nc2cc(-c3cc(Cc4n[nH]c(=O)c5c(F)cccc45)ccc3F)ccc2C1. The first kappa shape index (κ1) is 22.4. The number of alkyl carbamates (subject to hydrolysis) is 1. The number of rotatable bonds is 4. The fraction of sp³-hybridized carbons (Fsp3) is 0.154. The van der Waals surface area contributed by atoms with Crippen LogP contribution >= 0.6 is 0 Å². The predicted octanol–water partition coefficient (Wildman–Crippen LogP) is 4.79. The molecule has 0 fully saturated rings. The van der Waals surface area contributed by atoms with Crippen molar-refractivity contribution < 1.29 is 18.3 Å². The number of nitrogens with zero attached hydrogens (tertiary/aromatic N) is 2. The second kappa shape index (κ2) is 9.09. The zero-order valence-electron chi connectivity index (χ0n) is 18.7. The van der Waals surface area contributed by atoms with E-state index in [-0.39, 0.29) is 18.4 Å². The predicted molar refractivity (Wildman–Crippen MR) is 128 cm³/mol. The summed E-state index contributed by atoms with van der Waals surface area (Å²) in [6.07, 6.45) is 0.139. The summed E-state index contributed by atoms with van der Waals surface area (Å²) in [5, 5.41) is 9.41. The number of aromatic nitrogens is 2. The van der Waals surface area contributed by atoms with E-state index in [0.29, 0.717) is 40.2 Å². The van der Waals surface area contributed by atoms with Crippen molar-refractivity contribution in [3.05, 3.63) is 93.4 Å². The van der Waals surface area contributed by atoms with Crippen LogP contribution in [0.2, 0.25) is 0 Å². The molecule has 0 saturated carbocycles. The Balaban J connectivity index is 1.46. The van der Waals surface area contributed by atoms with Crippen molar-refractivity contribution in [1.82, 2.24) is 15.5 Å². The quantitative estimate of drug-likeness (QED) is 0.445. The molecule has 0 spiro atoms. The van der Waals surface area contributed by atoms with Gasteiger partial charge in [0.15, 0.2) is 0 Å². The smallest absolute Gasteiger partial charge is 0.412 e. The van der Waals surface area contributed by atoms with Gasteiger partial charge in [-0.1, -0.05) is 30.3 Å². The lowest BCUT2D eigenvalue weighted by molar-refractivity contribution is 0.157. The molecule has 0 radical (unpaired) electrons. The van der Waals surface area contributed by atoms with Crippen LogP contribution in [0.25, 0.3) is 21.9 Å². The van der Waals surface area contributed by atoms with Crippen molar-refractivity contribution in [2.24, 2.45) is 4.99 Å². The molecule has 1 aromatic heterocycles. The summed E-state index contributed by atoms with van der Waals surface area (Å²) in [5.74, 6) is -0.568. The van der Waals surface area contributed by atoms with Gasteiger partial charge in [0.25, 0.3) is 5.56 Å². The van der Waals surface area contributed by atoms with E-state index >= 15 is 0 Å². The molecule has 0 atom stereocenters. The first-order valence-corrected chi connectivity index (χ1v) is 11.0. The summed E-state index contributed by atoms with van der Waals surface area (Å²) in [7, 11) is 0. The van der Waals surface area contributed by atoms with Crippen molar-refractivity contribution in [1.29, 1.82) is 0 Å². The molecule has 1 aliphatic rings. The Morgan fingerprint density at radius 3 is 2.80 bits per heavy atom. The molecule has 0 saturated heterocycles. The largest absolute Gasteiger partial charge is 0.450 e. The standard InChI is InChI=1S/C26H20F2N4O3/c1-2-35-26(34)30-23-13-16-8-7-15(12-21(16)29-23)18-10-14(6-9-19(18)27)11-22-17-4-3-5-20(28)24(17)25(33)32-31-22/h3-10,12H,2,11,13H2,1H3,(H,32,33)(H,29,30,34). The number of hydrogen-bond acceptors (Lipinski definition) is 5. The van der Waals surface area contributed by atoms with Crippen molar-refractivity contribution in [2.75, 3.05) is 6.61 Å². The monoisotopic (exact) mass is 474 g/mol. The summed E-state index contributed by atoms with van der Waals surface area (Å²) < 4.78 is 33.9. The number of ether oxygens (including phenoxy) is 1. The van der Waals surface area contributed by atoms with Gasteiger partial charge in [-0.15, -0.1) is 0 Å². The van der Waals surface area contributed by atoms with Crippen molar-refractivity contribution in [3.8, 4) is 11.1 Å². The number of aromatic amines is 1. The van der Waals surface area contributed by atoms with E-state index in [9.17, 15) is 18.4 Å². The highest BCUT2D eigenvalue weighted by Crippen LogP contribution is 2.33. The van der Waals surface area contributed by atoms with Crippen molar-refractivity contribution in [3.63, 3.8) is 0 Å². The van der Waals surface area contributed by atoms with Crippen LogP contribution < -0.4 is 10.9 Å². The molecule has 5 rings (SSSR count). The van der Waals surface area contributed by atoms with Crippen LogP contribution in [0.5, 0.6) is 0 Å². The van der Waals surface area contributed by atoms with Gasteiger partial charge in [0.1, 0.15) is 17.5 Å². The Morgan fingerprint density at radius 2 is 1.97 bits per heavy atom. The third-order valence-corrected chi connectivity index (χ3v) is 5.78. The van der Waals surface area contributed by atoms with Gasteiger partial charge < -0.3 is 4.74 Å². The van der Waals surface area contributed by atoms with Crippen LogP contribution in [0, 0.1) is 11.6 Å². The number of halogens is 2. The average Bonchev–Trinajstić information content (AvgIpc) is 3.23. The Bertz CT molecular complexity index is 1560. The average molecular weight is 474 g/mol. The third-order valence-electron chi connectivity index (χ3n) is 5.78. The molecule has 2 N–H and O–H groups in total. The van der Waals surface area contributed by atoms with Crippen LogP contribution in [0.15, 0.2) is 64.4 Å². The lowest BCUT2D eigenvalue weighted by Crippen LogP contribution is -2.30. The van der Waals surface area contributed by atoms with Crippen LogP contribution in [0.3, 0.4) is 0 Å². The van der Waals surface area contributed by atoms with E-state index in [4.69, 9.17) is 4.74 Å². The summed E-state index contributed by atoms with van der Waals surface area (Å²) in [4.78, 5) is 28.2. The molecule has 176 valence electrons. The highest BCUT2D eigenvalue weighted by Gasteiger charge is 2.19. The zero-order chi connectivity index (χ0) is 24.5. The highest BCUT2D eigenvalue weighted by molar-refractivity contribution is 6.01. The third kappa shape index (κ3) is 4.40. The molecule has 3 aromatic carbocycles. The van der Waals surface area contributed by atoms with Gasteiger partial charge in [0, 0.05) is 23.8 Å². The van der Waals surface area contributed by atoms with Gasteiger partial charge in [0.05, 0.1) is 23.4 Å². The lowest BCUT2D eigenvalue weighted by Gasteiger charge is -2.10. The number of aliphatic imine (C=N–C) groups is 1. The van der Waals surface area contributed by atoms with Crippen molar-refractivity contribution >= 4 is 28.4 Å². The maximum absolute atomic E-state index is 14.8. The maximum Gasteiger partial charge on any atom is 0.412 e. The van der Waals surface area contributed by atoms with Crippen LogP contribution in [-0.4, -0.2) is 28.7 Å². The molecule has 0 bridgehead atoms. The topological polar surface area (TPSA) is 96.4 Å². The molecule has 4 aromatic rings. The summed E-state index contributed by atoms with van der Waals surface area (Å²) >= 11 is 0.